The predicted molar refractivity (Wildman–Crippen MR) is 50.1 cm³/mol. The highest BCUT2D eigenvalue weighted by Gasteiger charge is 2.21. The number of rotatable bonds is 3. The Hall–Kier alpha value is -0.610. The van der Waals surface area contributed by atoms with E-state index in [0.717, 1.165) is 25.7 Å². The van der Waals surface area contributed by atoms with E-state index < -0.39 is 0 Å². The molecule has 1 aliphatic carbocycles. The van der Waals surface area contributed by atoms with Crippen LogP contribution in [0.4, 0.5) is 0 Å². The van der Waals surface area contributed by atoms with Crippen LogP contribution in [0.25, 0.3) is 0 Å². The molecule has 2 atom stereocenters. The third-order valence-electron chi connectivity index (χ3n) is 2.43. The van der Waals surface area contributed by atoms with Crippen LogP contribution in [0.15, 0.2) is 0 Å². The molecular formula is C9H18N2O2. The zero-order valence-corrected chi connectivity index (χ0v) is 8.05. The summed E-state index contributed by atoms with van der Waals surface area (Å²) in [6.07, 6.45) is 3.90. The van der Waals surface area contributed by atoms with Gasteiger partial charge >= 0.3 is 0 Å². The minimum Gasteiger partial charge on any atom is -0.392 e. The van der Waals surface area contributed by atoms with Crippen molar-refractivity contribution >= 4 is 5.91 Å². The molecule has 1 amide bonds. The van der Waals surface area contributed by atoms with Gasteiger partial charge in [0.2, 0.25) is 5.91 Å². The van der Waals surface area contributed by atoms with E-state index in [1.54, 1.807) is 0 Å². The average Bonchev–Trinajstić information content (AvgIpc) is 2.08. The smallest absolute Gasteiger partial charge is 0.217 e. The number of nitrogens with one attached hydrogen (secondary N) is 2. The van der Waals surface area contributed by atoms with Crippen LogP contribution in [0.2, 0.25) is 0 Å². The molecule has 0 unspecified atom stereocenters. The topological polar surface area (TPSA) is 61.4 Å². The van der Waals surface area contributed by atoms with Gasteiger partial charge in [0.25, 0.3) is 0 Å². The number of amides is 1. The maximum atomic E-state index is 10.6. The second kappa shape index (κ2) is 5.19. The van der Waals surface area contributed by atoms with Crippen molar-refractivity contribution in [1.29, 1.82) is 0 Å². The quantitative estimate of drug-likeness (QED) is 0.543. The van der Waals surface area contributed by atoms with Crippen molar-refractivity contribution in [2.75, 3.05) is 6.67 Å². The van der Waals surface area contributed by atoms with E-state index in [1.165, 1.54) is 6.92 Å². The van der Waals surface area contributed by atoms with Crippen molar-refractivity contribution in [2.24, 2.45) is 0 Å². The van der Waals surface area contributed by atoms with Crippen molar-refractivity contribution in [3.05, 3.63) is 0 Å². The first-order valence-electron chi connectivity index (χ1n) is 4.86. The van der Waals surface area contributed by atoms with Crippen LogP contribution in [-0.4, -0.2) is 29.8 Å². The van der Waals surface area contributed by atoms with Gasteiger partial charge in [-0.3, -0.25) is 10.1 Å². The Labute approximate surface area is 78.7 Å². The lowest BCUT2D eigenvalue weighted by molar-refractivity contribution is -0.119. The number of aliphatic hydroxyl groups excluding tert-OH is 1. The Balaban J connectivity index is 2.15. The molecule has 0 aliphatic heterocycles. The average molecular weight is 186 g/mol. The van der Waals surface area contributed by atoms with Crippen LogP contribution < -0.4 is 10.6 Å². The summed E-state index contributed by atoms with van der Waals surface area (Å²) in [5.41, 5.74) is 0. The van der Waals surface area contributed by atoms with Gasteiger partial charge < -0.3 is 10.4 Å². The minimum absolute atomic E-state index is 0.0437. The first-order valence-corrected chi connectivity index (χ1v) is 4.86. The largest absolute Gasteiger partial charge is 0.392 e. The minimum atomic E-state index is -0.248. The second-order valence-electron chi connectivity index (χ2n) is 3.57. The molecule has 1 rings (SSSR count). The lowest BCUT2D eigenvalue weighted by atomic mass is 9.93. The molecule has 0 radical (unpaired) electrons. The molecule has 13 heavy (non-hydrogen) atoms. The van der Waals surface area contributed by atoms with Crippen LogP contribution in [0, 0.1) is 0 Å². The van der Waals surface area contributed by atoms with Gasteiger partial charge in [-0.15, -0.1) is 0 Å². The van der Waals surface area contributed by atoms with Crippen molar-refractivity contribution < 1.29 is 9.90 Å². The van der Waals surface area contributed by atoms with Crippen LogP contribution >= 0.6 is 0 Å². The van der Waals surface area contributed by atoms with E-state index in [0.29, 0.717) is 6.67 Å². The monoisotopic (exact) mass is 186 g/mol. The Morgan fingerprint density at radius 3 is 2.77 bits per heavy atom. The fourth-order valence-electron chi connectivity index (χ4n) is 1.66. The molecule has 0 spiro atoms. The highest BCUT2D eigenvalue weighted by Crippen LogP contribution is 2.17. The van der Waals surface area contributed by atoms with E-state index >= 15 is 0 Å². The summed E-state index contributed by atoms with van der Waals surface area (Å²) in [6, 6.07) is 0.153. The van der Waals surface area contributed by atoms with Crippen molar-refractivity contribution in [2.45, 2.75) is 44.8 Å². The SMILES string of the molecule is CC(=O)NCN[C@H]1CCCC[C@@H]1O. The molecule has 4 heteroatoms. The van der Waals surface area contributed by atoms with Crippen molar-refractivity contribution in [3.63, 3.8) is 0 Å². The summed E-state index contributed by atoms with van der Waals surface area (Å²) in [6.45, 7) is 1.94. The van der Waals surface area contributed by atoms with Gasteiger partial charge in [0, 0.05) is 13.0 Å². The number of carbonyl (C=O) groups excluding carboxylic acids is 1. The molecule has 1 fully saturated rings. The van der Waals surface area contributed by atoms with E-state index in [9.17, 15) is 9.90 Å². The highest BCUT2D eigenvalue weighted by molar-refractivity contribution is 5.72. The fourth-order valence-corrected chi connectivity index (χ4v) is 1.66. The van der Waals surface area contributed by atoms with Crippen LogP contribution in [-0.2, 0) is 4.79 Å². The summed E-state index contributed by atoms with van der Waals surface area (Å²) in [5.74, 6) is -0.0437. The predicted octanol–water partition coefficient (Wildman–Crippen LogP) is -0.0269. The van der Waals surface area contributed by atoms with Gasteiger partial charge in [-0.25, -0.2) is 0 Å². The Bertz CT molecular complexity index is 173. The van der Waals surface area contributed by atoms with Gasteiger partial charge in [-0.2, -0.15) is 0 Å². The molecular weight excluding hydrogens is 168 g/mol. The lowest BCUT2D eigenvalue weighted by Crippen LogP contribution is -2.46. The van der Waals surface area contributed by atoms with Gasteiger partial charge in [0.1, 0.15) is 0 Å². The number of hydrogen-bond donors (Lipinski definition) is 3. The number of carbonyl (C=O) groups is 1. The van der Waals surface area contributed by atoms with Crippen LogP contribution in [0.5, 0.6) is 0 Å². The van der Waals surface area contributed by atoms with E-state index in [4.69, 9.17) is 0 Å². The molecule has 0 heterocycles. The standard InChI is InChI=1S/C9H18N2O2/c1-7(12)10-6-11-8-4-2-3-5-9(8)13/h8-9,11,13H,2-6H2,1H3,(H,10,12)/t8-,9-/m0/s1. The fraction of sp³-hybridized carbons (Fsp3) is 0.889. The number of aliphatic hydroxyl groups is 1. The van der Waals surface area contributed by atoms with E-state index in [2.05, 4.69) is 10.6 Å². The normalized spacial score (nSPS) is 28.5. The Kier molecular flexibility index (Phi) is 4.18. The highest BCUT2D eigenvalue weighted by atomic mass is 16.3. The third-order valence-corrected chi connectivity index (χ3v) is 2.43. The van der Waals surface area contributed by atoms with Crippen molar-refractivity contribution in [1.82, 2.24) is 10.6 Å². The lowest BCUT2D eigenvalue weighted by Gasteiger charge is -2.28. The van der Waals surface area contributed by atoms with Crippen LogP contribution in [0.1, 0.15) is 32.6 Å². The molecule has 1 saturated carbocycles. The van der Waals surface area contributed by atoms with Crippen LogP contribution in [0.3, 0.4) is 0 Å². The van der Waals surface area contributed by atoms with Gasteiger partial charge in [0.05, 0.1) is 12.8 Å². The van der Waals surface area contributed by atoms with Gasteiger partial charge in [-0.1, -0.05) is 12.8 Å². The van der Waals surface area contributed by atoms with E-state index in [-0.39, 0.29) is 18.1 Å². The molecule has 0 aromatic carbocycles. The maximum absolute atomic E-state index is 10.6. The summed E-state index contributed by atoms with van der Waals surface area (Å²) in [4.78, 5) is 10.6. The second-order valence-corrected chi connectivity index (χ2v) is 3.57. The molecule has 0 aromatic rings. The first kappa shape index (κ1) is 10.5. The van der Waals surface area contributed by atoms with E-state index in [1.807, 2.05) is 0 Å². The summed E-state index contributed by atoms with van der Waals surface area (Å²) < 4.78 is 0. The molecule has 3 N–H and O–H groups in total. The summed E-state index contributed by atoms with van der Waals surface area (Å²) in [7, 11) is 0. The number of hydrogen-bond acceptors (Lipinski definition) is 3. The zero-order chi connectivity index (χ0) is 9.68. The van der Waals surface area contributed by atoms with Crippen molar-refractivity contribution in [3.8, 4) is 0 Å². The maximum Gasteiger partial charge on any atom is 0.217 e. The Morgan fingerprint density at radius 1 is 1.46 bits per heavy atom. The summed E-state index contributed by atoms with van der Waals surface area (Å²) >= 11 is 0. The molecule has 0 saturated heterocycles. The Morgan fingerprint density at radius 2 is 2.15 bits per heavy atom. The van der Waals surface area contributed by atoms with Gasteiger partial charge in [-0.05, 0) is 12.8 Å². The molecule has 0 aromatic heterocycles. The molecule has 0 bridgehead atoms. The molecule has 76 valence electrons. The third kappa shape index (κ3) is 3.74. The molecule has 4 nitrogen and oxygen atoms in total. The first-order chi connectivity index (χ1) is 6.20. The summed E-state index contributed by atoms with van der Waals surface area (Å²) in [5, 5.41) is 15.3. The molecule has 1 aliphatic rings. The zero-order valence-electron chi connectivity index (χ0n) is 8.05. The van der Waals surface area contributed by atoms with Gasteiger partial charge in [0.15, 0.2) is 0 Å².